The van der Waals surface area contributed by atoms with Crippen molar-refractivity contribution >= 4 is 0 Å². The van der Waals surface area contributed by atoms with E-state index in [1.54, 1.807) is 11.6 Å². The van der Waals surface area contributed by atoms with Crippen molar-refractivity contribution in [2.75, 3.05) is 0 Å². The van der Waals surface area contributed by atoms with Crippen LogP contribution >= 0.6 is 0 Å². The van der Waals surface area contributed by atoms with Gasteiger partial charge >= 0.3 is 0 Å². The Morgan fingerprint density at radius 2 is 1.70 bits per heavy atom. The third-order valence-electron chi connectivity index (χ3n) is 7.45. The summed E-state index contributed by atoms with van der Waals surface area (Å²) in [6.45, 7) is 20.0. The minimum Gasteiger partial charge on any atom is -0.378 e. The van der Waals surface area contributed by atoms with Crippen LogP contribution in [0.3, 0.4) is 0 Å². The monoisotopic (exact) mass is 528 g/mol. The second-order valence-corrected chi connectivity index (χ2v) is 11.0. The first-order valence-electron chi connectivity index (χ1n) is 14.2. The van der Waals surface area contributed by atoms with Gasteiger partial charge < -0.3 is 5.32 Å². The molecule has 0 heterocycles. The molecule has 2 aromatic carbocycles. The van der Waals surface area contributed by atoms with E-state index in [0.29, 0.717) is 6.42 Å². The van der Waals surface area contributed by atoms with Crippen molar-refractivity contribution in [1.29, 1.82) is 5.26 Å². The molecule has 2 heteroatoms. The van der Waals surface area contributed by atoms with Crippen LogP contribution in [0.5, 0.6) is 0 Å². The number of hydrogen-bond acceptors (Lipinski definition) is 2. The minimum atomic E-state index is -0.0833. The largest absolute Gasteiger partial charge is 0.378 e. The molecule has 2 aromatic rings. The van der Waals surface area contributed by atoms with Gasteiger partial charge in [0.1, 0.15) is 0 Å². The summed E-state index contributed by atoms with van der Waals surface area (Å²) in [5.74, 6) is -0.0833. The molecule has 0 saturated carbocycles. The molecule has 3 aliphatic rings. The van der Waals surface area contributed by atoms with Crippen molar-refractivity contribution in [3.8, 4) is 6.07 Å². The molecular weight excluding hydrogens is 484 g/mol. The highest BCUT2D eigenvalue weighted by Gasteiger charge is 2.22. The molecule has 40 heavy (non-hydrogen) atoms. The van der Waals surface area contributed by atoms with E-state index >= 15 is 0 Å². The molecule has 0 amide bonds. The van der Waals surface area contributed by atoms with Crippen LogP contribution in [0.1, 0.15) is 69.2 Å². The van der Waals surface area contributed by atoms with E-state index in [0.717, 1.165) is 29.7 Å². The maximum absolute atomic E-state index is 8.95. The molecule has 3 aliphatic carbocycles. The Labute approximate surface area is 242 Å². The second-order valence-electron chi connectivity index (χ2n) is 11.0. The molecule has 2 atom stereocenters. The fourth-order valence-electron chi connectivity index (χ4n) is 5.45. The quantitative estimate of drug-likeness (QED) is 0.246. The number of nitriles is 1. The van der Waals surface area contributed by atoms with Gasteiger partial charge in [0, 0.05) is 12.1 Å². The first kappa shape index (κ1) is 30.5. The lowest BCUT2D eigenvalue weighted by atomic mass is 9.89. The van der Waals surface area contributed by atoms with E-state index in [9.17, 15) is 0 Å². The summed E-state index contributed by atoms with van der Waals surface area (Å²) >= 11 is 0. The zero-order chi connectivity index (χ0) is 29.1. The number of hydrogen-bond donors (Lipinski definition) is 1. The van der Waals surface area contributed by atoms with Gasteiger partial charge in [0.2, 0.25) is 0 Å². The molecule has 206 valence electrons. The van der Waals surface area contributed by atoms with E-state index in [1.165, 1.54) is 46.3 Å². The fourth-order valence-corrected chi connectivity index (χ4v) is 5.45. The highest BCUT2D eigenvalue weighted by molar-refractivity contribution is 5.46. The van der Waals surface area contributed by atoms with Gasteiger partial charge in [-0.3, -0.25) is 0 Å². The van der Waals surface area contributed by atoms with Crippen molar-refractivity contribution in [2.45, 2.75) is 65.8 Å². The Hall–Kier alpha value is -4.09. The average Bonchev–Trinajstić information content (AvgIpc) is 3.27. The second kappa shape index (κ2) is 14.9. The van der Waals surface area contributed by atoms with Crippen LogP contribution in [-0.2, 0) is 6.42 Å². The molecular formula is C38H44N2. The predicted octanol–water partition coefficient (Wildman–Crippen LogP) is 9.97. The minimum absolute atomic E-state index is 0.0833. The van der Waals surface area contributed by atoms with Crippen LogP contribution in [0.15, 0.2) is 138 Å². The van der Waals surface area contributed by atoms with Crippen molar-refractivity contribution in [2.24, 2.45) is 5.92 Å². The Morgan fingerprint density at radius 1 is 1.00 bits per heavy atom. The zero-order valence-electron chi connectivity index (χ0n) is 24.8. The number of allylic oxidation sites excluding steroid dienone is 9. The molecule has 2 nitrogen and oxygen atoms in total. The SMILES string of the molecule is C=C(Cc1ccc(C)cc1)NC(C1=C2CC=C(C=C1)CC2)c1ccccc1.C=CCC(C#N)C(C(=C)C)=C(C)C. The lowest BCUT2D eigenvalue weighted by Crippen LogP contribution is -2.23. The molecule has 1 N–H and O–H groups in total. The van der Waals surface area contributed by atoms with Crippen molar-refractivity contribution < 1.29 is 0 Å². The van der Waals surface area contributed by atoms with E-state index in [2.05, 4.69) is 111 Å². The number of rotatable bonds is 10. The third-order valence-corrected chi connectivity index (χ3v) is 7.45. The number of benzene rings is 2. The molecule has 0 spiro atoms. The maximum atomic E-state index is 8.95. The van der Waals surface area contributed by atoms with Gasteiger partial charge in [-0.2, -0.15) is 5.26 Å². The van der Waals surface area contributed by atoms with Crippen LogP contribution in [0.4, 0.5) is 0 Å². The number of fused-ring (bicyclic) bond motifs is 3. The van der Waals surface area contributed by atoms with Crippen LogP contribution in [0.2, 0.25) is 0 Å². The molecule has 0 saturated heterocycles. The topological polar surface area (TPSA) is 35.8 Å². The van der Waals surface area contributed by atoms with Gasteiger partial charge in [-0.1, -0.05) is 120 Å². The van der Waals surface area contributed by atoms with Crippen LogP contribution in [0.25, 0.3) is 0 Å². The lowest BCUT2D eigenvalue weighted by Gasteiger charge is -2.26. The first-order chi connectivity index (χ1) is 19.2. The Kier molecular flexibility index (Phi) is 11.3. The van der Waals surface area contributed by atoms with E-state index in [-0.39, 0.29) is 12.0 Å². The molecule has 2 unspecified atom stereocenters. The predicted molar refractivity (Wildman–Crippen MR) is 172 cm³/mol. The van der Waals surface area contributed by atoms with E-state index in [4.69, 9.17) is 5.26 Å². The molecule has 5 rings (SSSR count). The van der Waals surface area contributed by atoms with E-state index < -0.39 is 0 Å². The van der Waals surface area contributed by atoms with Crippen molar-refractivity contribution in [3.05, 3.63) is 154 Å². The Balaban J connectivity index is 0.000000289. The molecule has 0 aliphatic heterocycles. The van der Waals surface area contributed by atoms with Gasteiger partial charge in [0.25, 0.3) is 0 Å². The smallest absolute Gasteiger partial charge is 0.0764 e. The molecule has 2 bridgehead atoms. The Morgan fingerprint density at radius 3 is 2.25 bits per heavy atom. The summed E-state index contributed by atoms with van der Waals surface area (Å²) in [6, 6.07) is 21.9. The first-order valence-corrected chi connectivity index (χ1v) is 14.2. The van der Waals surface area contributed by atoms with Gasteiger partial charge in [-0.15, -0.1) is 6.58 Å². The van der Waals surface area contributed by atoms with E-state index in [1.807, 2.05) is 20.8 Å². The fraction of sp³-hybridized carbons (Fsp3) is 0.289. The lowest BCUT2D eigenvalue weighted by molar-refractivity contribution is 0.664. The summed E-state index contributed by atoms with van der Waals surface area (Å²) in [4.78, 5) is 0. The average molecular weight is 529 g/mol. The zero-order valence-corrected chi connectivity index (χ0v) is 24.8. The molecule has 0 radical (unpaired) electrons. The van der Waals surface area contributed by atoms with Gasteiger partial charge in [-0.05, 0) is 75.7 Å². The van der Waals surface area contributed by atoms with Crippen LogP contribution in [0, 0.1) is 24.2 Å². The summed E-state index contributed by atoms with van der Waals surface area (Å²) < 4.78 is 0. The van der Waals surface area contributed by atoms with Gasteiger partial charge in [-0.25, -0.2) is 0 Å². The molecule has 0 aromatic heterocycles. The Bertz CT molecular complexity index is 1370. The number of aryl methyl sites for hydroxylation is 1. The molecule has 0 fully saturated rings. The summed E-state index contributed by atoms with van der Waals surface area (Å²) in [5, 5.41) is 12.7. The number of nitrogens with zero attached hydrogens (tertiary/aromatic N) is 1. The van der Waals surface area contributed by atoms with Gasteiger partial charge in [0.05, 0.1) is 18.0 Å². The highest BCUT2D eigenvalue weighted by Crippen LogP contribution is 2.37. The third kappa shape index (κ3) is 8.45. The van der Waals surface area contributed by atoms with Gasteiger partial charge in [0.15, 0.2) is 0 Å². The standard InChI is InChI=1S/C26H27N.C12H17N/c1-19-8-10-22(11-9-19)18-20(2)27-26(24-6-4-3-5-7-24)25-17-14-21-12-15-23(25)16-13-21;1-6-7-11(8-13)12(9(2)3)10(4)5/h3-12,14,17,26-27H,2,13,15-16,18H2,1H3;6,11H,1-2,7H2,3-5H3. The summed E-state index contributed by atoms with van der Waals surface area (Å²) in [5.41, 5.74) is 12.6. The summed E-state index contributed by atoms with van der Waals surface area (Å²) in [6.07, 6.45) is 13.7. The highest BCUT2D eigenvalue weighted by atomic mass is 14.9. The van der Waals surface area contributed by atoms with Crippen molar-refractivity contribution in [3.63, 3.8) is 0 Å². The normalized spacial score (nSPS) is 14.9. The van der Waals surface area contributed by atoms with Crippen LogP contribution < -0.4 is 5.32 Å². The van der Waals surface area contributed by atoms with Crippen molar-refractivity contribution in [1.82, 2.24) is 5.32 Å². The maximum Gasteiger partial charge on any atom is 0.0764 e. The van der Waals surface area contributed by atoms with Crippen LogP contribution in [-0.4, -0.2) is 0 Å². The number of nitrogens with one attached hydrogen (secondary N) is 1. The summed E-state index contributed by atoms with van der Waals surface area (Å²) in [7, 11) is 0.